The Balaban J connectivity index is 1.65. The van der Waals surface area contributed by atoms with Crippen LogP contribution in [-0.2, 0) is 11.3 Å². The predicted octanol–water partition coefficient (Wildman–Crippen LogP) is 3.54. The number of fused-ring (bicyclic) bond motifs is 1. The van der Waals surface area contributed by atoms with Gasteiger partial charge in [-0.15, -0.1) is 0 Å². The lowest BCUT2D eigenvalue weighted by molar-refractivity contribution is -0.122. The molecule has 0 saturated carbocycles. The Morgan fingerprint density at radius 1 is 1.08 bits per heavy atom. The van der Waals surface area contributed by atoms with E-state index in [0.29, 0.717) is 5.76 Å². The molecule has 0 spiro atoms. The number of nitrogens with zero attached hydrogens (tertiary/aromatic N) is 2. The summed E-state index contributed by atoms with van der Waals surface area (Å²) in [5, 5.41) is 8.15. The summed E-state index contributed by atoms with van der Waals surface area (Å²) < 4.78 is 7.58. The average molecular weight is 331 g/mol. The average Bonchev–Trinajstić information content (AvgIpc) is 3.29. The number of nitrogens with one attached hydrogen (secondary N) is 1. The second-order valence-corrected chi connectivity index (χ2v) is 5.80. The molecule has 4 rings (SSSR count). The summed E-state index contributed by atoms with van der Waals surface area (Å²) >= 11 is 0. The van der Waals surface area contributed by atoms with Gasteiger partial charge in [0.15, 0.2) is 0 Å². The zero-order valence-corrected chi connectivity index (χ0v) is 13.5. The highest BCUT2D eigenvalue weighted by Gasteiger charge is 2.21. The van der Waals surface area contributed by atoms with E-state index in [0.717, 1.165) is 16.5 Å². The molecule has 1 N–H and O–H groups in total. The molecule has 0 saturated heterocycles. The highest BCUT2D eigenvalue weighted by molar-refractivity contribution is 5.79. The third-order valence-corrected chi connectivity index (χ3v) is 4.03. The number of rotatable bonds is 5. The van der Waals surface area contributed by atoms with Crippen molar-refractivity contribution < 1.29 is 9.21 Å². The molecule has 0 aliphatic carbocycles. The minimum absolute atomic E-state index is 0.127. The van der Waals surface area contributed by atoms with Crippen LogP contribution in [0.15, 0.2) is 83.5 Å². The first-order chi connectivity index (χ1) is 12.3. The third-order valence-electron chi connectivity index (χ3n) is 4.03. The van der Waals surface area contributed by atoms with E-state index >= 15 is 0 Å². The number of hydrogen-bond donors (Lipinski definition) is 1. The standard InChI is InChI=1S/C20H17N3O2/c24-19(14-23-12-6-11-21-23)22-20(15-7-2-1-3-8-15)18-13-16-9-4-5-10-17(16)25-18/h1-13,20H,14H2,(H,22,24)/t20-/m0/s1. The van der Waals surface area contributed by atoms with Gasteiger partial charge in [0.05, 0.1) is 0 Å². The molecule has 25 heavy (non-hydrogen) atoms. The first-order valence-corrected chi connectivity index (χ1v) is 8.10. The van der Waals surface area contributed by atoms with Gasteiger partial charge in [-0.1, -0.05) is 48.5 Å². The number of amides is 1. The third kappa shape index (κ3) is 3.30. The SMILES string of the molecule is O=C(Cn1cccn1)N[C@@H](c1ccccc1)c1cc2ccccc2o1. The molecule has 0 unspecified atom stereocenters. The summed E-state index contributed by atoms with van der Waals surface area (Å²) in [5.74, 6) is 0.583. The number of benzene rings is 2. The minimum Gasteiger partial charge on any atom is -0.459 e. The molecular formula is C20H17N3O2. The molecule has 5 heteroatoms. The maximum atomic E-state index is 12.5. The van der Waals surface area contributed by atoms with E-state index in [2.05, 4.69) is 10.4 Å². The largest absolute Gasteiger partial charge is 0.459 e. The molecule has 0 fully saturated rings. The van der Waals surface area contributed by atoms with Gasteiger partial charge >= 0.3 is 0 Å². The molecular weight excluding hydrogens is 314 g/mol. The molecule has 4 aromatic rings. The zero-order valence-electron chi connectivity index (χ0n) is 13.5. The lowest BCUT2D eigenvalue weighted by Crippen LogP contribution is -2.32. The molecule has 2 heterocycles. The van der Waals surface area contributed by atoms with E-state index in [-0.39, 0.29) is 18.5 Å². The molecule has 1 atom stereocenters. The van der Waals surface area contributed by atoms with Crippen LogP contribution in [0.3, 0.4) is 0 Å². The van der Waals surface area contributed by atoms with Crippen LogP contribution in [0.25, 0.3) is 11.0 Å². The number of furan rings is 1. The van der Waals surface area contributed by atoms with Crippen LogP contribution in [0.1, 0.15) is 17.4 Å². The van der Waals surface area contributed by atoms with Crippen LogP contribution in [0.5, 0.6) is 0 Å². The highest BCUT2D eigenvalue weighted by Crippen LogP contribution is 2.28. The van der Waals surface area contributed by atoms with E-state index in [1.54, 1.807) is 23.1 Å². The normalized spacial score (nSPS) is 12.2. The molecule has 0 aliphatic heterocycles. The van der Waals surface area contributed by atoms with Crippen LogP contribution in [-0.4, -0.2) is 15.7 Å². The second kappa shape index (κ2) is 6.65. The van der Waals surface area contributed by atoms with Crippen molar-refractivity contribution in [2.75, 3.05) is 0 Å². The molecule has 2 aromatic heterocycles. The van der Waals surface area contributed by atoms with Gasteiger partial charge in [0, 0.05) is 17.8 Å². The van der Waals surface area contributed by atoms with Crippen molar-refractivity contribution in [2.45, 2.75) is 12.6 Å². The predicted molar refractivity (Wildman–Crippen MR) is 94.9 cm³/mol. The summed E-state index contributed by atoms with van der Waals surface area (Å²) in [4.78, 5) is 12.5. The van der Waals surface area contributed by atoms with Crippen LogP contribution in [0.2, 0.25) is 0 Å². The number of carbonyl (C=O) groups excluding carboxylic acids is 1. The Labute approximate surface area is 144 Å². The van der Waals surface area contributed by atoms with E-state index in [1.807, 2.05) is 60.7 Å². The second-order valence-electron chi connectivity index (χ2n) is 5.80. The van der Waals surface area contributed by atoms with E-state index in [4.69, 9.17) is 4.42 Å². The fourth-order valence-electron chi connectivity index (χ4n) is 2.86. The summed E-state index contributed by atoms with van der Waals surface area (Å²) in [6, 6.07) is 21.0. The van der Waals surface area contributed by atoms with Crippen molar-refractivity contribution in [3.05, 3.63) is 90.4 Å². The van der Waals surface area contributed by atoms with Crippen LogP contribution in [0, 0.1) is 0 Å². The van der Waals surface area contributed by atoms with Crippen LogP contribution >= 0.6 is 0 Å². The van der Waals surface area contributed by atoms with Crippen LogP contribution < -0.4 is 5.32 Å². The Kier molecular flexibility index (Phi) is 4.04. The number of para-hydroxylation sites is 1. The first kappa shape index (κ1) is 15.2. The number of carbonyl (C=O) groups is 1. The smallest absolute Gasteiger partial charge is 0.242 e. The molecule has 2 aromatic carbocycles. The lowest BCUT2D eigenvalue weighted by Gasteiger charge is -2.17. The van der Waals surface area contributed by atoms with E-state index in [9.17, 15) is 4.79 Å². The lowest BCUT2D eigenvalue weighted by atomic mass is 10.0. The van der Waals surface area contributed by atoms with Crippen LogP contribution in [0.4, 0.5) is 0 Å². The van der Waals surface area contributed by atoms with Gasteiger partial charge in [0.2, 0.25) is 5.91 Å². The first-order valence-electron chi connectivity index (χ1n) is 8.10. The van der Waals surface area contributed by atoms with Gasteiger partial charge in [-0.05, 0) is 23.8 Å². The molecule has 0 radical (unpaired) electrons. The van der Waals surface area contributed by atoms with Crippen molar-refractivity contribution >= 4 is 16.9 Å². The number of hydrogen-bond acceptors (Lipinski definition) is 3. The van der Waals surface area contributed by atoms with Crippen molar-refractivity contribution in [3.63, 3.8) is 0 Å². The van der Waals surface area contributed by atoms with Gasteiger partial charge in [0.1, 0.15) is 23.9 Å². The molecule has 124 valence electrons. The minimum atomic E-state index is -0.350. The Morgan fingerprint density at radius 2 is 1.88 bits per heavy atom. The van der Waals surface area contributed by atoms with Crippen molar-refractivity contribution in [1.82, 2.24) is 15.1 Å². The summed E-state index contributed by atoms with van der Waals surface area (Å²) in [5.41, 5.74) is 1.77. The van der Waals surface area contributed by atoms with E-state index < -0.39 is 0 Å². The molecule has 0 aliphatic rings. The van der Waals surface area contributed by atoms with Gasteiger partial charge < -0.3 is 9.73 Å². The summed E-state index contributed by atoms with van der Waals surface area (Å²) in [7, 11) is 0. The highest BCUT2D eigenvalue weighted by atomic mass is 16.3. The van der Waals surface area contributed by atoms with Crippen molar-refractivity contribution in [2.24, 2.45) is 0 Å². The fourth-order valence-corrected chi connectivity index (χ4v) is 2.86. The molecule has 5 nitrogen and oxygen atoms in total. The topological polar surface area (TPSA) is 60.1 Å². The van der Waals surface area contributed by atoms with Crippen molar-refractivity contribution in [3.8, 4) is 0 Å². The van der Waals surface area contributed by atoms with Gasteiger partial charge in [-0.25, -0.2) is 0 Å². The maximum absolute atomic E-state index is 12.5. The van der Waals surface area contributed by atoms with Gasteiger partial charge in [0.25, 0.3) is 0 Å². The van der Waals surface area contributed by atoms with Gasteiger partial charge in [-0.3, -0.25) is 9.48 Å². The Morgan fingerprint density at radius 3 is 2.64 bits per heavy atom. The van der Waals surface area contributed by atoms with Crippen molar-refractivity contribution in [1.29, 1.82) is 0 Å². The summed E-state index contributed by atoms with van der Waals surface area (Å²) in [6.07, 6.45) is 3.42. The molecule has 0 bridgehead atoms. The number of aromatic nitrogens is 2. The Bertz CT molecular complexity index is 942. The molecule has 1 amide bonds. The maximum Gasteiger partial charge on any atom is 0.242 e. The zero-order chi connectivity index (χ0) is 17.1. The van der Waals surface area contributed by atoms with E-state index in [1.165, 1.54) is 0 Å². The quantitative estimate of drug-likeness (QED) is 0.608. The van der Waals surface area contributed by atoms with Gasteiger partial charge in [-0.2, -0.15) is 5.10 Å². The Hall–Kier alpha value is -3.34. The fraction of sp³-hybridized carbons (Fsp3) is 0.100. The monoisotopic (exact) mass is 331 g/mol. The summed E-state index contributed by atoms with van der Waals surface area (Å²) in [6.45, 7) is 0.163.